The summed E-state index contributed by atoms with van der Waals surface area (Å²) in [4.78, 5) is 15.4. The Balaban J connectivity index is 1.71. The Labute approximate surface area is 130 Å². The minimum Gasteiger partial charge on any atom is -0.441 e. The number of carbonyl (C=O) groups is 1. The lowest BCUT2D eigenvalue weighted by atomic mass is 9.95. The van der Waals surface area contributed by atoms with Gasteiger partial charge in [-0.3, -0.25) is 0 Å². The van der Waals surface area contributed by atoms with Crippen LogP contribution in [0.4, 0.5) is 10.8 Å². The van der Waals surface area contributed by atoms with Crippen LogP contribution in [0.2, 0.25) is 0 Å². The summed E-state index contributed by atoms with van der Waals surface area (Å²) in [7, 11) is 1.79. The van der Waals surface area contributed by atoms with E-state index in [1.807, 2.05) is 0 Å². The lowest BCUT2D eigenvalue weighted by Gasteiger charge is -2.24. The van der Waals surface area contributed by atoms with Crippen LogP contribution in [0.25, 0.3) is 0 Å². The van der Waals surface area contributed by atoms with Crippen molar-refractivity contribution >= 4 is 12.1 Å². The van der Waals surface area contributed by atoms with Crippen LogP contribution in [0, 0.1) is 0 Å². The fourth-order valence-electron chi connectivity index (χ4n) is 3.06. The molecule has 0 aliphatic carbocycles. The van der Waals surface area contributed by atoms with Gasteiger partial charge < -0.3 is 19.0 Å². The molecule has 3 heterocycles. The third-order valence-electron chi connectivity index (χ3n) is 4.37. The van der Waals surface area contributed by atoms with Crippen molar-refractivity contribution in [1.82, 2.24) is 15.1 Å². The number of ether oxygens (including phenoxy) is 1. The van der Waals surface area contributed by atoms with Gasteiger partial charge in [-0.1, -0.05) is 25.9 Å². The summed E-state index contributed by atoms with van der Waals surface area (Å²) in [5.74, 6) is 0.647. The number of anilines is 1. The van der Waals surface area contributed by atoms with Crippen molar-refractivity contribution in [3.05, 3.63) is 5.89 Å². The maximum atomic E-state index is 11.7. The van der Waals surface area contributed by atoms with Crippen LogP contribution in [0.5, 0.6) is 0 Å². The number of amides is 1. The van der Waals surface area contributed by atoms with E-state index in [4.69, 9.17) is 9.15 Å². The van der Waals surface area contributed by atoms with E-state index in [1.165, 1.54) is 0 Å². The van der Waals surface area contributed by atoms with Gasteiger partial charge in [0.25, 0.3) is 0 Å². The zero-order valence-corrected chi connectivity index (χ0v) is 13.8. The van der Waals surface area contributed by atoms with Crippen molar-refractivity contribution in [2.45, 2.75) is 51.0 Å². The summed E-state index contributed by atoms with van der Waals surface area (Å²) in [6.07, 6.45) is 2.38. The van der Waals surface area contributed by atoms with Crippen LogP contribution in [-0.4, -0.2) is 53.5 Å². The van der Waals surface area contributed by atoms with E-state index < -0.39 is 0 Å². The van der Waals surface area contributed by atoms with Gasteiger partial charge in [0.2, 0.25) is 5.89 Å². The Kier molecular flexibility index (Phi) is 3.53. The molecule has 0 unspecified atom stereocenters. The highest BCUT2D eigenvalue weighted by atomic mass is 16.6. The molecule has 2 saturated heterocycles. The predicted octanol–water partition coefficient (Wildman–Crippen LogP) is 2.18. The monoisotopic (exact) mass is 308 g/mol. The van der Waals surface area contributed by atoms with Gasteiger partial charge in [0.05, 0.1) is 6.54 Å². The van der Waals surface area contributed by atoms with Crippen LogP contribution < -0.4 is 4.90 Å². The van der Waals surface area contributed by atoms with E-state index in [0.29, 0.717) is 18.5 Å². The van der Waals surface area contributed by atoms with Gasteiger partial charge in [0, 0.05) is 32.0 Å². The van der Waals surface area contributed by atoms with Crippen molar-refractivity contribution in [3.63, 3.8) is 0 Å². The quantitative estimate of drug-likeness (QED) is 0.792. The Morgan fingerprint density at radius 3 is 2.55 bits per heavy atom. The summed E-state index contributed by atoms with van der Waals surface area (Å²) in [5.41, 5.74) is -0.504. The molecule has 1 aromatic heterocycles. The van der Waals surface area contributed by atoms with Crippen molar-refractivity contribution in [2.75, 3.05) is 31.6 Å². The number of carbonyl (C=O) groups excluding carboxylic acids is 1. The third kappa shape index (κ3) is 2.76. The predicted molar refractivity (Wildman–Crippen MR) is 80.9 cm³/mol. The van der Waals surface area contributed by atoms with E-state index in [1.54, 1.807) is 11.9 Å². The topological polar surface area (TPSA) is 71.7 Å². The number of hydrogen-bond acceptors (Lipinski definition) is 6. The fraction of sp³-hybridized carbons (Fsp3) is 0.800. The second-order valence-corrected chi connectivity index (χ2v) is 7.39. The van der Waals surface area contributed by atoms with Crippen LogP contribution >= 0.6 is 0 Å². The molecule has 1 atom stereocenters. The van der Waals surface area contributed by atoms with E-state index >= 15 is 0 Å². The molecule has 3 rings (SSSR count). The van der Waals surface area contributed by atoms with E-state index in [-0.39, 0.29) is 17.1 Å². The maximum Gasteiger partial charge on any atom is 0.410 e. The summed E-state index contributed by atoms with van der Waals surface area (Å²) in [6.45, 7) is 8.42. The molecule has 7 heteroatoms. The first kappa shape index (κ1) is 15.1. The van der Waals surface area contributed by atoms with Gasteiger partial charge in [0.1, 0.15) is 5.60 Å². The molecule has 22 heavy (non-hydrogen) atoms. The highest BCUT2D eigenvalue weighted by Gasteiger charge is 2.44. The minimum absolute atomic E-state index is 0.151. The molecule has 0 saturated carbocycles. The summed E-state index contributed by atoms with van der Waals surface area (Å²) < 4.78 is 11.4. The zero-order chi connectivity index (χ0) is 16.0. The number of rotatable bonds is 1. The first-order valence-corrected chi connectivity index (χ1v) is 7.82. The molecule has 2 fully saturated rings. The molecule has 0 radical (unpaired) electrons. The molecule has 7 nitrogen and oxygen atoms in total. The number of likely N-dealkylation sites (N-methyl/N-ethyl adjacent to an activating group) is 1. The van der Waals surface area contributed by atoms with E-state index in [2.05, 4.69) is 35.9 Å². The normalized spacial score (nSPS) is 26.5. The van der Waals surface area contributed by atoms with Crippen molar-refractivity contribution in [1.29, 1.82) is 0 Å². The SMILES string of the molecule is CN1C[C@@]2(CCCN(c3nnc(C(C)(C)C)o3)CC2)OC1=O. The van der Waals surface area contributed by atoms with Crippen LogP contribution in [-0.2, 0) is 10.2 Å². The Bertz CT molecular complexity index is 565. The Hall–Kier alpha value is -1.79. The number of aromatic nitrogens is 2. The molecule has 0 N–H and O–H groups in total. The zero-order valence-electron chi connectivity index (χ0n) is 13.8. The smallest absolute Gasteiger partial charge is 0.410 e. The molecule has 2 aliphatic heterocycles. The van der Waals surface area contributed by atoms with Gasteiger partial charge in [-0.25, -0.2) is 4.79 Å². The first-order chi connectivity index (χ1) is 10.3. The second-order valence-electron chi connectivity index (χ2n) is 7.39. The molecule has 1 amide bonds. The molecule has 0 aromatic carbocycles. The van der Waals surface area contributed by atoms with Gasteiger partial charge in [-0.05, 0) is 12.8 Å². The van der Waals surface area contributed by atoms with Crippen LogP contribution in [0.3, 0.4) is 0 Å². The maximum absolute atomic E-state index is 11.7. The van der Waals surface area contributed by atoms with Gasteiger partial charge in [0.15, 0.2) is 0 Å². The standard InChI is InChI=1S/C15H24N4O3/c1-14(2,3)11-16-17-12(21-11)19-8-5-6-15(7-9-19)10-18(4)13(20)22-15/h5-10H2,1-4H3/t15-/m0/s1. The van der Waals surface area contributed by atoms with Gasteiger partial charge in [-0.15, -0.1) is 5.10 Å². The summed E-state index contributed by atoms with van der Waals surface area (Å²) in [6, 6.07) is 0.569. The van der Waals surface area contributed by atoms with Crippen molar-refractivity contribution in [2.24, 2.45) is 0 Å². The minimum atomic E-state index is -0.354. The van der Waals surface area contributed by atoms with Gasteiger partial charge >= 0.3 is 12.1 Å². The third-order valence-corrected chi connectivity index (χ3v) is 4.37. The fourth-order valence-corrected chi connectivity index (χ4v) is 3.06. The molecule has 0 bridgehead atoms. The summed E-state index contributed by atoms with van der Waals surface area (Å²) >= 11 is 0. The summed E-state index contributed by atoms with van der Waals surface area (Å²) in [5, 5.41) is 8.34. The molecule has 1 aromatic rings. The second kappa shape index (κ2) is 5.14. The molecule has 2 aliphatic rings. The molecular weight excluding hydrogens is 284 g/mol. The highest BCUT2D eigenvalue weighted by molar-refractivity contribution is 5.70. The Morgan fingerprint density at radius 1 is 1.18 bits per heavy atom. The first-order valence-electron chi connectivity index (χ1n) is 7.82. The Morgan fingerprint density at radius 2 is 1.95 bits per heavy atom. The average Bonchev–Trinajstić information content (AvgIpc) is 2.95. The van der Waals surface area contributed by atoms with Crippen LogP contribution in [0.15, 0.2) is 4.42 Å². The lowest BCUT2D eigenvalue weighted by molar-refractivity contribution is 0.0472. The van der Waals surface area contributed by atoms with E-state index in [9.17, 15) is 4.79 Å². The average molecular weight is 308 g/mol. The van der Waals surface area contributed by atoms with Crippen molar-refractivity contribution < 1.29 is 13.9 Å². The highest BCUT2D eigenvalue weighted by Crippen LogP contribution is 2.34. The van der Waals surface area contributed by atoms with Crippen LogP contribution in [0.1, 0.15) is 45.9 Å². The van der Waals surface area contributed by atoms with Gasteiger partial charge in [-0.2, -0.15) is 0 Å². The van der Waals surface area contributed by atoms with Crippen molar-refractivity contribution in [3.8, 4) is 0 Å². The van der Waals surface area contributed by atoms with E-state index in [0.717, 1.165) is 32.4 Å². The molecule has 1 spiro atoms. The number of nitrogens with zero attached hydrogens (tertiary/aromatic N) is 4. The largest absolute Gasteiger partial charge is 0.441 e. The molecule has 122 valence electrons. The number of hydrogen-bond donors (Lipinski definition) is 0. The molecular formula is C15H24N4O3. The lowest BCUT2D eigenvalue weighted by Crippen LogP contribution is -2.35.